The van der Waals surface area contributed by atoms with Gasteiger partial charge in [-0.15, -0.1) is 0 Å². The van der Waals surface area contributed by atoms with Crippen molar-refractivity contribution in [2.75, 3.05) is 0 Å². The van der Waals surface area contributed by atoms with Gasteiger partial charge in [0, 0.05) is 5.41 Å². The van der Waals surface area contributed by atoms with Gasteiger partial charge in [0.15, 0.2) is 0 Å². The molecule has 2 saturated carbocycles. The lowest BCUT2D eigenvalue weighted by atomic mass is 9.53. The second kappa shape index (κ2) is 1.84. The van der Waals surface area contributed by atoms with Crippen LogP contribution in [-0.4, -0.2) is 5.78 Å². The summed E-state index contributed by atoms with van der Waals surface area (Å²) in [5.41, 5.74) is 0.124. The van der Waals surface area contributed by atoms with E-state index < -0.39 is 0 Å². The zero-order valence-corrected chi connectivity index (χ0v) is 7.42. The summed E-state index contributed by atoms with van der Waals surface area (Å²) in [6.45, 7) is 1.79. The molecular formula is C11H14O. The Morgan fingerprint density at radius 2 is 2.33 bits per heavy atom. The molecule has 0 spiro atoms. The molecule has 0 amide bonds. The molecule has 1 heteroatoms. The zero-order valence-electron chi connectivity index (χ0n) is 7.42. The third kappa shape index (κ3) is 0.502. The van der Waals surface area contributed by atoms with Gasteiger partial charge in [-0.05, 0) is 43.9 Å². The molecule has 0 heterocycles. The average Bonchev–Trinajstić information content (AvgIpc) is 2.40. The number of carbonyl (C=O) groups excluding carboxylic acids is 1. The molecule has 2 bridgehead atoms. The molecular weight excluding hydrogens is 148 g/mol. The van der Waals surface area contributed by atoms with Crippen molar-refractivity contribution in [2.45, 2.75) is 26.2 Å². The Bertz CT molecular complexity index is 279. The van der Waals surface area contributed by atoms with Crippen LogP contribution in [0.1, 0.15) is 26.2 Å². The highest BCUT2D eigenvalue weighted by atomic mass is 16.1. The van der Waals surface area contributed by atoms with Crippen LogP contribution in [0.15, 0.2) is 12.2 Å². The van der Waals surface area contributed by atoms with Gasteiger partial charge >= 0.3 is 0 Å². The molecule has 1 nitrogen and oxygen atoms in total. The van der Waals surface area contributed by atoms with Crippen LogP contribution in [-0.2, 0) is 4.79 Å². The first-order valence-electron chi connectivity index (χ1n) is 4.94. The first-order chi connectivity index (χ1) is 5.75. The lowest BCUT2D eigenvalue weighted by Crippen LogP contribution is -2.48. The van der Waals surface area contributed by atoms with Crippen LogP contribution >= 0.6 is 0 Å². The quantitative estimate of drug-likeness (QED) is 0.540. The van der Waals surface area contributed by atoms with Crippen molar-refractivity contribution in [3.05, 3.63) is 12.2 Å². The summed E-state index contributed by atoms with van der Waals surface area (Å²) in [6, 6.07) is 0. The largest absolute Gasteiger partial charge is 0.299 e. The lowest BCUT2D eigenvalue weighted by molar-refractivity contribution is -0.138. The number of fused-ring (bicyclic) bond motifs is 5. The van der Waals surface area contributed by atoms with Crippen LogP contribution in [0.25, 0.3) is 0 Å². The molecule has 64 valence electrons. The normalized spacial score (nSPS) is 53.6. The number of rotatable bonds is 1. The van der Waals surface area contributed by atoms with Gasteiger partial charge in [-0.25, -0.2) is 0 Å². The van der Waals surface area contributed by atoms with Gasteiger partial charge in [0.1, 0.15) is 5.78 Å². The molecule has 0 aromatic heterocycles. The molecule has 0 radical (unpaired) electrons. The van der Waals surface area contributed by atoms with Gasteiger partial charge in [-0.1, -0.05) is 12.2 Å². The van der Waals surface area contributed by atoms with Crippen molar-refractivity contribution < 1.29 is 4.79 Å². The Labute approximate surface area is 72.8 Å². The molecule has 0 aromatic carbocycles. The van der Waals surface area contributed by atoms with Crippen molar-refractivity contribution >= 4 is 5.78 Å². The topological polar surface area (TPSA) is 17.1 Å². The fourth-order valence-electron chi connectivity index (χ4n) is 3.78. The van der Waals surface area contributed by atoms with Crippen molar-refractivity contribution in [1.29, 1.82) is 0 Å². The van der Waals surface area contributed by atoms with E-state index in [4.69, 9.17) is 0 Å². The number of hydrogen-bond donors (Lipinski definition) is 0. The molecule has 0 saturated heterocycles. The molecule has 12 heavy (non-hydrogen) atoms. The van der Waals surface area contributed by atoms with Gasteiger partial charge in [0.05, 0.1) is 0 Å². The molecule has 3 aliphatic rings. The highest BCUT2D eigenvalue weighted by Gasteiger charge is 2.63. The number of hydrogen-bond acceptors (Lipinski definition) is 1. The van der Waals surface area contributed by atoms with E-state index in [1.54, 1.807) is 6.92 Å². The van der Waals surface area contributed by atoms with E-state index in [1.807, 2.05) is 0 Å². The van der Waals surface area contributed by atoms with E-state index in [0.29, 0.717) is 11.7 Å². The maximum Gasteiger partial charge on any atom is 0.136 e. The third-order valence-corrected chi connectivity index (χ3v) is 4.48. The number of ketones is 1. The number of Topliss-reactive ketones (excluding diaryl/α,β-unsaturated/α-hetero) is 1. The van der Waals surface area contributed by atoms with Crippen molar-refractivity contribution in [3.63, 3.8) is 0 Å². The van der Waals surface area contributed by atoms with Crippen molar-refractivity contribution in [3.8, 4) is 0 Å². The summed E-state index contributed by atoms with van der Waals surface area (Å²) >= 11 is 0. The summed E-state index contributed by atoms with van der Waals surface area (Å²) < 4.78 is 0. The second-order valence-corrected chi connectivity index (χ2v) is 4.63. The second-order valence-electron chi connectivity index (χ2n) is 4.63. The molecule has 0 N–H and O–H groups in total. The molecule has 4 atom stereocenters. The van der Waals surface area contributed by atoms with Gasteiger partial charge < -0.3 is 0 Å². The highest BCUT2D eigenvalue weighted by Crippen LogP contribution is 2.66. The van der Waals surface area contributed by atoms with E-state index in [-0.39, 0.29) is 5.41 Å². The van der Waals surface area contributed by atoms with Crippen LogP contribution in [0, 0.1) is 23.2 Å². The van der Waals surface area contributed by atoms with Gasteiger partial charge in [0.2, 0.25) is 0 Å². The summed E-state index contributed by atoms with van der Waals surface area (Å²) in [4.78, 5) is 11.6. The minimum atomic E-state index is 0.124. The lowest BCUT2D eigenvalue weighted by Gasteiger charge is -2.49. The van der Waals surface area contributed by atoms with Crippen molar-refractivity contribution in [2.24, 2.45) is 23.2 Å². The Morgan fingerprint density at radius 1 is 1.50 bits per heavy atom. The van der Waals surface area contributed by atoms with Crippen molar-refractivity contribution in [1.82, 2.24) is 0 Å². The third-order valence-electron chi connectivity index (χ3n) is 4.48. The molecule has 0 aliphatic heterocycles. The first kappa shape index (κ1) is 6.88. The monoisotopic (exact) mass is 162 g/mol. The molecule has 3 rings (SSSR count). The molecule has 2 fully saturated rings. The van der Waals surface area contributed by atoms with Crippen LogP contribution < -0.4 is 0 Å². The van der Waals surface area contributed by atoms with Gasteiger partial charge in [-0.2, -0.15) is 0 Å². The van der Waals surface area contributed by atoms with Crippen LogP contribution in [0.3, 0.4) is 0 Å². The minimum Gasteiger partial charge on any atom is -0.299 e. The SMILES string of the molecule is CC(=O)[C@]12CC[C@H]1[C@H]1C=C[C@@H]2C1. The smallest absolute Gasteiger partial charge is 0.136 e. The summed E-state index contributed by atoms with van der Waals surface area (Å²) in [5, 5.41) is 0. The van der Waals surface area contributed by atoms with E-state index >= 15 is 0 Å². The fraction of sp³-hybridized carbons (Fsp3) is 0.727. The fourth-order valence-corrected chi connectivity index (χ4v) is 3.78. The molecule has 0 unspecified atom stereocenters. The zero-order chi connectivity index (χ0) is 8.34. The number of allylic oxidation sites excluding steroid dienone is 2. The summed E-state index contributed by atoms with van der Waals surface area (Å²) in [5.74, 6) is 2.55. The highest BCUT2D eigenvalue weighted by molar-refractivity contribution is 5.85. The summed E-state index contributed by atoms with van der Waals surface area (Å²) in [6.07, 6.45) is 8.37. The van der Waals surface area contributed by atoms with Gasteiger partial charge in [-0.3, -0.25) is 4.79 Å². The predicted molar refractivity (Wildman–Crippen MR) is 46.6 cm³/mol. The standard InChI is InChI=1S/C11H14O/c1-7(12)11-5-4-10(11)8-2-3-9(11)6-8/h2-3,8-10H,4-6H2,1H3/t8-,9+,10-,11-/m0/s1. The van der Waals surface area contributed by atoms with E-state index in [2.05, 4.69) is 12.2 Å². The Kier molecular flexibility index (Phi) is 1.05. The molecule has 3 aliphatic carbocycles. The van der Waals surface area contributed by atoms with Crippen LogP contribution in [0.5, 0.6) is 0 Å². The first-order valence-corrected chi connectivity index (χ1v) is 4.94. The molecule has 0 aromatic rings. The maximum atomic E-state index is 11.6. The maximum absolute atomic E-state index is 11.6. The summed E-state index contributed by atoms with van der Waals surface area (Å²) in [7, 11) is 0. The van der Waals surface area contributed by atoms with E-state index in [9.17, 15) is 4.79 Å². The Hall–Kier alpha value is -0.590. The Balaban J connectivity index is 2.07. The predicted octanol–water partition coefficient (Wildman–Crippen LogP) is 2.18. The number of carbonyl (C=O) groups is 1. The van der Waals surface area contributed by atoms with E-state index in [1.165, 1.54) is 19.3 Å². The van der Waals surface area contributed by atoms with Crippen LogP contribution in [0.4, 0.5) is 0 Å². The van der Waals surface area contributed by atoms with Crippen LogP contribution in [0.2, 0.25) is 0 Å². The minimum absolute atomic E-state index is 0.124. The van der Waals surface area contributed by atoms with E-state index in [0.717, 1.165) is 11.8 Å². The average molecular weight is 162 g/mol. The Morgan fingerprint density at radius 3 is 2.75 bits per heavy atom. The van der Waals surface area contributed by atoms with Gasteiger partial charge in [0.25, 0.3) is 0 Å².